The van der Waals surface area contributed by atoms with E-state index in [1.54, 1.807) is 0 Å². The van der Waals surface area contributed by atoms with E-state index in [0.29, 0.717) is 5.41 Å². The van der Waals surface area contributed by atoms with E-state index >= 15 is 0 Å². The van der Waals surface area contributed by atoms with Crippen LogP contribution in [-0.2, 0) is 0 Å². The molecule has 118 valence electrons. The second-order valence-electron chi connectivity index (χ2n) is 7.28. The molecule has 0 bridgehead atoms. The summed E-state index contributed by atoms with van der Waals surface area (Å²) in [5.74, 6) is 0.964. The van der Waals surface area contributed by atoms with Gasteiger partial charge in [-0.2, -0.15) is 0 Å². The van der Waals surface area contributed by atoms with E-state index in [-0.39, 0.29) is 0 Å². The molecule has 2 saturated heterocycles. The Hall–Kier alpha value is -0.0800. The van der Waals surface area contributed by atoms with Crippen molar-refractivity contribution in [3.05, 3.63) is 0 Å². The average Bonchev–Trinajstić information content (AvgIpc) is 2.94. The van der Waals surface area contributed by atoms with Crippen molar-refractivity contribution in [3.8, 4) is 0 Å². The highest BCUT2D eigenvalue weighted by molar-refractivity contribution is 4.93. The number of nitrogens with one attached hydrogen (secondary N) is 1. The van der Waals surface area contributed by atoms with Gasteiger partial charge in [-0.15, -0.1) is 0 Å². The fraction of sp³-hybridized carbons (Fsp3) is 1.00. The molecule has 0 aromatic rings. The lowest BCUT2D eigenvalue weighted by molar-refractivity contribution is 0.157. The molecule has 1 N–H and O–H groups in total. The summed E-state index contributed by atoms with van der Waals surface area (Å²) in [4.78, 5) is 2.83. The lowest BCUT2D eigenvalue weighted by Crippen LogP contribution is -2.42. The molecule has 20 heavy (non-hydrogen) atoms. The van der Waals surface area contributed by atoms with Gasteiger partial charge in [-0.1, -0.05) is 33.6 Å². The molecule has 2 heteroatoms. The van der Waals surface area contributed by atoms with Crippen LogP contribution in [0, 0.1) is 11.3 Å². The van der Waals surface area contributed by atoms with Crippen molar-refractivity contribution >= 4 is 0 Å². The van der Waals surface area contributed by atoms with Gasteiger partial charge in [0.1, 0.15) is 0 Å². The van der Waals surface area contributed by atoms with Crippen molar-refractivity contribution in [2.75, 3.05) is 26.2 Å². The zero-order valence-electron chi connectivity index (χ0n) is 14.1. The van der Waals surface area contributed by atoms with E-state index in [1.165, 1.54) is 77.5 Å². The Morgan fingerprint density at radius 3 is 2.45 bits per heavy atom. The maximum absolute atomic E-state index is 3.50. The Morgan fingerprint density at radius 2 is 1.85 bits per heavy atom. The van der Waals surface area contributed by atoms with Crippen LogP contribution < -0.4 is 5.32 Å². The van der Waals surface area contributed by atoms with Gasteiger partial charge in [-0.3, -0.25) is 4.90 Å². The lowest BCUT2D eigenvalue weighted by Gasteiger charge is -2.34. The highest BCUT2D eigenvalue weighted by Gasteiger charge is 2.39. The molecular weight excluding hydrogens is 244 g/mol. The highest BCUT2D eigenvalue weighted by atomic mass is 15.2. The molecule has 0 aromatic heterocycles. The van der Waals surface area contributed by atoms with Gasteiger partial charge < -0.3 is 5.32 Å². The highest BCUT2D eigenvalue weighted by Crippen LogP contribution is 2.41. The van der Waals surface area contributed by atoms with Crippen LogP contribution in [0.3, 0.4) is 0 Å². The number of rotatable bonds is 7. The van der Waals surface area contributed by atoms with Gasteiger partial charge in [0, 0.05) is 12.6 Å². The normalized spacial score (nSPS) is 29.4. The SMILES string of the molecule is CCC(CC)CCC1(CC)CCN(C2CCNCC2)C1. The quantitative estimate of drug-likeness (QED) is 0.756. The van der Waals surface area contributed by atoms with E-state index < -0.39 is 0 Å². The fourth-order valence-corrected chi connectivity index (χ4v) is 4.33. The Morgan fingerprint density at radius 1 is 1.15 bits per heavy atom. The lowest BCUT2D eigenvalue weighted by atomic mass is 9.77. The van der Waals surface area contributed by atoms with E-state index in [4.69, 9.17) is 0 Å². The molecule has 2 rings (SSSR count). The van der Waals surface area contributed by atoms with Gasteiger partial charge in [0.25, 0.3) is 0 Å². The molecule has 0 saturated carbocycles. The molecule has 0 amide bonds. The molecular formula is C18H36N2. The van der Waals surface area contributed by atoms with Crippen LogP contribution in [-0.4, -0.2) is 37.1 Å². The molecule has 2 fully saturated rings. The van der Waals surface area contributed by atoms with Crippen molar-refractivity contribution in [2.45, 2.75) is 78.2 Å². The summed E-state index contributed by atoms with van der Waals surface area (Å²) in [6.07, 6.45) is 11.2. The first-order chi connectivity index (χ1) is 9.73. The second-order valence-corrected chi connectivity index (χ2v) is 7.28. The minimum Gasteiger partial charge on any atom is -0.317 e. The van der Waals surface area contributed by atoms with Crippen LogP contribution in [0.2, 0.25) is 0 Å². The Bertz CT molecular complexity index is 269. The van der Waals surface area contributed by atoms with Gasteiger partial charge in [0.2, 0.25) is 0 Å². The van der Waals surface area contributed by atoms with Gasteiger partial charge in [-0.05, 0) is 69.5 Å². The van der Waals surface area contributed by atoms with Crippen LogP contribution in [0.15, 0.2) is 0 Å². The van der Waals surface area contributed by atoms with Crippen LogP contribution in [0.1, 0.15) is 72.1 Å². The van der Waals surface area contributed by atoms with E-state index in [2.05, 4.69) is 31.0 Å². The third-order valence-corrected chi connectivity index (χ3v) is 6.28. The molecule has 0 aliphatic carbocycles. The molecule has 0 aromatic carbocycles. The zero-order valence-corrected chi connectivity index (χ0v) is 14.1. The molecule has 2 heterocycles. The summed E-state index contributed by atoms with van der Waals surface area (Å²) in [5.41, 5.74) is 0.646. The van der Waals surface area contributed by atoms with Gasteiger partial charge in [0.15, 0.2) is 0 Å². The summed E-state index contributed by atoms with van der Waals surface area (Å²) >= 11 is 0. The maximum Gasteiger partial charge on any atom is 0.0120 e. The van der Waals surface area contributed by atoms with Gasteiger partial charge in [0.05, 0.1) is 0 Å². The zero-order chi connectivity index (χ0) is 14.4. The number of likely N-dealkylation sites (tertiary alicyclic amines) is 1. The van der Waals surface area contributed by atoms with Crippen molar-refractivity contribution in [3.63, 3.8) is 0 Å². The van der Waals surface area contributed by atoms with Gasteiger partial charge in [-0.25, -0.2) is 0 Å². The first-order valence-corrected chi connectivity index (χ1v) is 9.17. The van der Waals surface area contributed by atoms with Crippen LogP contribution >= 0.6 is 0 Å². The smallest absolute Gasteiger partial charge is 0.0120 e. The number of piperidine rings is 1. The second kappa shape index (κ2) is 7.79. The predicted octanol–water partition coefficient (Wildman–Crippen LogP) is 4.06. The first-order valence-electron chi connectivity index (χ1n) is 9.17. The molecule has 2 aliphatic heterocycles. The van der Waals surface area contributed by atoms with Crippen LogP contribution in [0.5, 0.6) is 0 Å². The Labute approximate surface area is 126 Å². The Kier molecular flexibility index (Phi) is 6.35. The van der Waals surface area contributed by atoms with Gasteiger partial charge >= 0.3 is 0 Å². The van der Waals surface area contributed by atoms with Crippen LogP contribution in [0.4, 0.5) is 0 Å². The van der Waals surface area contributed by atoms with Crippen molar-refractivity contribution in [1.82, 2.24) is 10.2 Å². The standard InChI is InChI=1S/C18H36N2/c1-4-16(5-2)7-10-18(6-3)11-14-20(15-18)17-8-12-19-13-9-17/h16-17,19H,4-15H2,1-3H3. The third-order valence-electron chi connectivity index (χ3n) is 6.28. The molecule has 2 aliphatic rings. The minimum atomic E-state index is 0.646. The van der Waals surface area contributed by atoms with E-state index in [0.717, 1.165) is 12.0 Å². The summed E-state index contributed by atoms with van der Waals surface area (Å²) in [6, 6.07) is 0.873. The van der Waals surface area contributed by atoms with Crippen molar-refractivity contribution in [1.29, 1.82) is 0 Å². The summed E-state index contributed by atoms with van der Waals surface area (Å²) in [6.45, 7) is 12.4. The Balaban J connectivity index is 1.85. The maximum atomic E-state index is 3.50. The van der Waals surface area contributed by atoms with Crippen molar-refractivity contribution < 1.29 is 0 Å². The monoisotopic (exact) mass is 280 g/mol. The first kappa shape index (κ1) is 16.3. The topological polar surface area (TPSA) is 15.3 Å². The van der Waals surface area contributed by atoms with E-state index in [9.17, 15) is 0 Å². The predicted molar refractivity (Wildman–Crippen MR) is 88.1 cm³/mol. The molecule has 0 radical (unpaired) electrons. The van der Waals surface area contributed by atoms with Crippen molar-refractivity contribution in [2.24, 2.45) is 11.3 Å². The number of hydrogen-bond acceptors (Lipinski definition) is 2. The summed E-state index contributed by atoms with van der Waals surface area (Å²) in [5, 5.41) is 3.50. The number of nitrogens with zero attached hydrogens (tertiary/aromatic N) is 1. The molecule has 2 nitrogen and oxygen atoms in total. The summed E-state index contributed by atoms with van der Waals surface area (Å²) in [7, 11) is 0. The third kappa shape index (κ3) is 3.98. The number of hydrogen-bond donors (Lipinski definition) is 1. The molecule has 0 spiro atoms. The molecule has 1 unspecified atom stereocenters. The average molecular weight is 281 g/mol. The summed E-state index contributed by atoms with van der Waals surface area (Å²) < 4.78 is 0. The van der Waals surface area contributed by atoms with E-state index in [1.807, 2.05) is 0 Å². The fourth-order valence-electron chi connectivity index (χ4n) is 4.33. The molecule has 1 atom stereocenters. The van der Waals surface area contributed by atoms with Crippen LogP contribution in [0.25, 0.3) is 0 Å². The largest absolute Gasteiger partial charge is 0.317 e. The minimum absolute atomic E-state index is 0.646.